The summed E-state index contributed by atoms with van der Waals surface area (Å²) in [5.41, 5.74) is 3.73. The fourth-order valence-corrected chi connectivity index (χ4v) is 2.02. The average molecular weight is 284 g/mol. The second-order valence-corrected chi connectivity index (χ2v) is 4.84. The summed E-state index contributed by atoms with van der Waals surface area (Å²) in [6, 6.07) is 9.97. The molecular formula is C17H20N2O2. The lowest BCUT2D eigenvalue weighted by atomic mass is 10.0. The number of rotatable bonds is 5. The van der Waals surface area contributed by atoms with Crippen LogP contribution in [-0.2, 0) is 4.74 Å². The number of ether oxygens (including phenoxy) is 1. The first kappa shape index (κ1) is 15.0. The Morgan fingerprint density at radius 2 is 2.00 bits per heavy atom. The summed E-state index contributed by atoms with van der Waals surface area (Å²) in [5, 5.41) is 2.76. The van der Waals surface area contributed by atoms with Crippen molar-refractivity contribution in [2.24, 2.45) is 0 Å². The van der Waals surface area contributed by atoms with Crippen molar-refractivity contribution in [3.8, 4) is 11.1 Å². The van der Waals surface area contributed by atoms with E-state index in [1.54, 1.807) is 12.4 Å². The van der Waals surface area contributed by atoms with Crippen LogP contribution < -0.4 is 5.32 Å². The summed E-state index contributed by atoms with van der Waals surface area (Å²) < 4.78 is 5.11. The highest BCUT2D eigenvalue weighted by atomic mass is 16.5. The van der Waals surface area contributed by atoms with Gasteiger partial charge in [0.1, 0.15) is 0 Å². The summed E-state index contributed by atoms with van der Waals surface area (Å²) in [4.78, 5) is 15.9. The topological polar surface area (TPSA) is 51.2 Å². The van der Waals surface area contributed by atoms with Gasteiger partial charge in [-0.2, -0.15) is 0 Å². The predicted molar refractivity (Wildman–Crippen MR) is 84.3 cm³/mol. The molecule has 1 aromatic heterocycles. The van der Waals surface area contributed by atoms with Crippen molar-refractivity contribution < 1.29 is 9.53 Å². The van der Waals surface area contributed by atoms with Crippen LogP contribution in [0.4, 0.5) is 10.5 Å². The Morgan fingerprint density at radius 3 is 2.71 bits per heavy atom. The maximum atomic E-state index is 11.7. The van der Waals surface area contributed by atoms with Crippen LogP contribution in [0.1, 0.15) is 25.3 Å². The molecule has 1 amide bonds. The number of carbonyl (C=O) groups is 1. The van der Waals surface area contributed by atoms with E-state index in [1.165, 1.54) is 0 Å². The fraction of sp³-hybridized carbons (Fsp3) is 0.294. The molecular weight excluding hydrogens is 264 g/mol. The Hall–Kier alpha value is -2.36. The summed E-state index contributed by atoms with van der Waals surface area (Å²) in [6.07, 6.45) is 4.88. The summed E-state index contributed by atoms with van der Waals surface area (Å²) in [5.74, 6) is 0. The molecule has 0 aliphatic rings. The largest absolute Gasteiger partial charge is 0.449 e. The molecule has 4 heteroatoms. The zero-order valence-corrected chi connectivity index (χ0v) is 12.4. The van der Waals surface area contributed by atoms with E-state index in [0.29, 0.717) is 12.3 Å². The standard InChI is InChI=1S/C17H20N2O2/c1-3-4-10-21-17(20)19-16-12-18-11-15(13(16)2)14-8-6-5-7-9-14/h5-9,11-12H,3-4,10H2,1-2H3,(H,19,20). The minimum absolute atomic E-state index is 0.432. The van der Waals surface area contributed by atoms with Crippen LogP contribution in [0.25, 0.3) is 11.1 Å². The summed E-state index contributed by atoms with van der Waals surface area (Å²) >= 11 is 0. The molecule has 0 radical (unpaired) electrons. The van der Waals surface area contributed by atoms with Gasteiger partial charge in [0.2, 0.25) is 0 Å². The number of carbonyl (C=O) groups excluding carboxylic acids is 1. The van der Waals surface area contributed by atoms with E-state index in [2.05, 4.69) is 17.2 Å². The monoisotopic (exact) mass is 284 g/mol. The van der Waals surface area contributed by atoms with Crippen LogP contribution in [0.15, 0.2) is 42.7 Å². The van der Waals surface area contributed by atoms with Gasteiger partial charge in [0.05, 0.1) is 18.5 Å². The van der Waals surface area contributed by atoms with Crippen LogP contribution in [0.3, 0.4) is 0 Å². The van der Waals surface area contributed by atoms with Gasteiger partial charge in [-0.25, -0.2) is 4.79 Å². The molecule has 1 N–H and O–H groups in total. The van der Waals surface area contributed by atoms with E-state index in [-0.39, 0.29) is 0 Å². The highest BCUT2D eigenvalue weighted by molar-refractivity contribution is 5.87. The maximum Gasteiger partial charge on any atom is 0.411 e. The van der Waals surface area contributed by atoms with E-state index >= 15 is 0 Å². The number of hydrogen-bond acceptors (Lipinski definition) is 3. The van der Waals surface area contributed by atoms with Gasteiger partial charge in [0.25, 0.3) is 0 Å². The molecule has 0 unspecified atom stereocenters. The molecule has 110 valence electrons. The lowest BCUT2D eigenvalue weighted by Crippen LogP contribution is -2.15. The third-order valence-electron chi connectivity index (χ3n) is 3.27. The molecule has 0 fully saturated rings. The van der Waals surface area contributed by atoms with Crippen molar-refractivity contribution in [1.82, 2.24) is 4.98 Å². The van der Waals surface area contributed by atoms with Crippen molar-refractivity contribution in [1.29, 1.82) is 0 Å². The minimum atomic E-state index is -0.432. The fourth-order valence-electron chi connectivity index (χ4n) is 2.02. The Kier molecular flexibility index (Phi) is 5.32. The number of amides is 1. The molecule has 0 saturated heterocycles. The van der Waals surface area contributed by atoms with Crippen molar-refractivity contribution in [2.45, 2.75) is 26.7 Å². The van der Waals surface area contributed by atoms with Gasteiger partial charge < -0.3 is 4.74 Å². The number of benzene rings is 1. The lowest BCUT2D eigenvalue weighted by molar-refractivity contribution is 0.160. The number of unbranched alkanes of at least 4 members (excludes halogenated alkanes) is 1. The normalized spacial score (nSPS) is 10.2. The number of nitrogens with zero attached hydrogens (tertiary/aromatic N) is 1. The number of hydrogen-bond donors (Lipinski definition) is 1. The molecule has 2 aromatic rings. The third kappa shape index (κ3) is 4.05. The van der Waals surface area contributed by atoms with Gasteiger partial charge in [-0.15, -0.1) is 0 Å². The van der Waals surface area contributed by atoms with Gasteiger partial charge >= 0.3 is 6.09 Å². The quantitative estimate of drug-likeness (QED) is 0.828. The second kappa shape index (κ2) is 7.43. The van der Waals surface area contributed by atoms with Crippen LogP contribution in [0, 0.1) is 6.92 Å². The zero-order valence-electron chi connectivity index (χ0n) is 12.4. The Balaban J connectivity index is 2.13. The molecule has 1 heterocycles. The van der Waals surface area contributed by atoms with E-state index in [1.807, 2.05) is 37.3 Å². The molecule has 0 bridgehead atoms. The Bertz CT molecular complexity index is 597. The minimum Gasteiger partial charge on any atom is -0.449 e. The number of anilines is 1. The van der Waals surface area contributed by atoms with Crippen LogP contribution in [0.2, 0.25) is 0 Å². The SMILES string of the molecule is CCCCOC(=O)Nc1cncc(-c2ccccc2)c1C. The highest BCUT2D eigenvalue weighted by Crippen LogP contribution is 2.27. The van der Waals surface area contributed by atoms with Gasteiger partial charge in [0.15, 0.2) is 0 Å². The van der Waals surface area contributed by atoms with Crippen LogP contribution in [0.5, 0.6) is 0 Å². The van der Waals surface area contributed by atoms with Gasteiger partial charge in [-0.3, -0.25) is 10.3 Å². The molecule has 0 saturated carbocycles. The first-order valence-electron chi connectivity index (χ1n) is 7.16. The third-order valence-corrected chi connectivity index (χ3v) is 3.27. The second-order valence-electron chi connectivity index (χ2n) is 4.84. The van der Waals surface area contributed by atoms with E-state index in [0.717, 1.165) is 29.5 Å². The predicted octanol–water partition coefficient (Wildman–Crippen LogP) is 4.41. The molecule has 0 aliphatic carbocycles. The van der Waals surface area contributed by atoms with Gasteiger partial charge in [0, 0.05) is 11.8 Å². The zero-order chi connectivity index (χ0) is 15.1. The van der Waals surface area contributed by atoms with Gasteiger partial charge in [-0.05, 0) is 24.5 Å². The van der Waals surface area contributed by atoms with Crippen molar-refractivity contribution in [3.05, 3.63) is 48.3 Å². The molecule has 21 heavy (non-hydrogen) atoms. The molecule has 4 nitrogen and oxygen atoms in total. The van der Waals surface area contributed by atoms with Crippen LogP contribution >= 0.6 is 0 Å². The Morgan fingerprint density at radius 1 is 1.24 bits per heavy atom. The molecule has 0 aliphatic heterocycles. The maximum absolute atomic E-state index is 11.7. The number of pyridine rings is 1. The van der Waals surface area contributed by atoms with Crippen molar-refractivity contribution >= 4 is 11.8 Å². The van der Waals surface area contributed by atoms with Crippen molar-refractivity contribution in [3.63, 3.8) is 0 Å². The first-order chi connectivity index (χ1) is 10.2. The average Bonchev–Trinajstić information content (AvgIpc) is 2.50. The molecule has 2 rings (SSSR count). The summed E-state index contributed by atoms with van der Waals surface area (Å²) in [7, 11) is 0. The summed E-state index contributed by atoms with van der Waals surface area (Å²) in [6.45, 7) is 4.46. The van der Waals surface area contributed by atoms with E-state index < -0.39 is 6.09 Å². The van der Waals surface area contributed by atoms with Crippen LogP contribution in [-0.4, -0.2) is 17.7 Å². The van der Waals surface area contributed by atoms with Gasteiger partial charge in [-0.1, -0.05) is 43.7 Å². The molecule has 0 atom stereocenters. The number of nitrogens with one attached hydrogen (secondary N) is 1. The lowest BCUT2D eigenvalue weighted by Gasteiger charge is -2.12. The number of aromatic nitrogens is 1. The Labute approximate surface area is 125 Å². The van der Waals surface area contributed by atoms with E-state index in [9.17, 15) is 4.79 Å². The highest BCUT2D eigenvalue weighted by Gasteiger charge is 2.10. The van der Waals surface area contributed by atoms with E-state index in [4.69, 9.17) is 4.74 Å². The van der Waals surface area contributed by atoms with Crippen molar-refractivity contribution in [2.75, 3.05) is 11.9 Å². The first-order valence-corrected chi connectivity index (χ1v) is 7.16. The molecule has 1 aromatic carbocycles. The smallest absolute Gasteiger partial charge is 0.411 e. The molecule has 0 spiro atoms.